The van der Waals surface area contributed by atoms with Gasteiger partial charge in [-0.3, -0.25) is 4.79 Å². The minimum absolute atomic E-state index is 0.101. The highest BCUT2D eigenvalue weighted by molar-refractivity contribution is 5.90. The molecule has 0 aliphatic heterocycles. The second kappa shape index (κ2) is 8.55. The topological polar surface area (TPSA) is 61.8 Å². The lowest BCUT2D eigenvalue weighted by atomic mass is 10.2. The van der Waals surface area contributed by atoms with Crippen molar-refractivity contribution in [2.45, 2.75) is 25.9 Å². The number of anilines is 1. The standard InChI is InChI=1S/C15H24N2O3/c1-12(18)7-8-15(19)16-13-5-4-6-14(11-13)20-10-9-17(2)3/h4-6,11-12,18H,7-10H2,1-3H3,(H,16,19). The molecule has 1 rings (SSSR count). The van der Waals surface area contributed by atoms with Gasteiger partial charge in [-0.05, 0) is 39.6 Å². The van der Waals surface area contributed by atoms with Gasteiger partial charge in [0.15, 0.2) is 0 Å². The number of carbonyl (C=O) groups is 1. The molecule has 5 heteroatoms. The summed E-state index contributed by atoms with van der Waals surface area (Å²) >= 11 is 0. The van der Waals surface area contributed by atoms with E-state index in [1.807, 2.05) is 37.2 Å². The highest BCUT2D eigenvalue weighted by Gasteiger charge is 2.05. The zero-order valence-electron chi connectivity index (χ0n) is 12.4. The number of likely N-dealkylation sites (N-methyl/N-ethyl adjacent to an activating group) is 1. The van der Waals surface area contributed by atoms with Gasteiger partial charge in [0, 0.05) is 24.7 Å². The Bertz CT molecular complexity index is 419. The van der Waals surface area contributed by atoms with Crippen LogP contribution in [0.5, 0.6) is 5.75 Å². The molecule has 1 atom stereocenters. The molecular formula is C15H24N2O3. The third-order valence-electron chi connectivity index (χ3n) is 2.71. The van der Waals surface area contributed by atoms with E-state index in [0.29, 0.717) is 25.1 Å². The predicted octanol–water partition coefficient (Wildman–Crippen LogP) is 1.73. The summed E-state index contributed by atoms with van der Waals surface area (Å²) in [6.45, 7) is 3.11. The largest absolute Gasteiger partial charge is 0.492 e. The Labute approximate surface area is 120 Å². The van der Waals surface area contributed by atoms with Crippen LogP contribution in [0.15, 0.2) is 24.3 Å². The molecule has 0 saturated heterocycles. The van der Waals surface area contributed by atoms with Crippen molar-refractivity contribution in [2.75, 3.05) is 32.6 Å². The SMILES string of the molecule is CC(O)CCC(=O)Nc1cccc(OCCN(C)C)c1. The molecule has 0 heterocycles. The van der Waals surface area contributed by atoms with Gasteiger partial charge in [-0.15, -0.1) is 0 Å². The van der Waals surface area contributed by atoms with Crippen molar-refractivity contribution >= 4 is 11.6 Å². The molecule has 112 valence electrons. The van der Waals surface area contributed by atoms with Crippen LogP contribution in [0.25, 0.3) is 0 Å². The lowest BCUT2D eigenvalue weighted by Crippen LogP contribution is -2.19. The fourth-order valence-electron chi connectivity index (χ4n) is 1.57. The summed E-state index contributed by atoms with van der Waals surface area (Å²) < 4.78 is 5.60. The second-order valence-electron chi connectivity index (χ2n) is 5.12. The monoisotopic (exact) mass is 280 g/mol. The Kier molecular flexibility index (Phi) is 7.04. The van der Waals surface area contributed by atoms with Crippen molar-refractivity contribution in [1.29, 1.82) is 0 Å². The summed E-state index contributed by atoms with van der Waals surface area (Å²) in [5, 5.41) is 11.9. The first-order valence-corrected chi connectivity index (χ1v) is 6.83. The zero-order valence-corrected chi connectivity index (χ0v) is 12.4. The van der Waals surface area contributed by atoms with Gasteiger partial charge in [0.25, 0.3) is 0 Å². The van der Waals surface area contributed by atoms with E-state index in [1.165, 1.54) is 0 Å². The molecule has 20 heavy (non-hydrogen) atoms. The van der Waals surface area contributed by atoms with E-state index in [1.54, 1.807) is 13.0 Å². The molecule has 1 amide bonds. The number of hydrogen-bond donors (Lipinski definition) is 2. The molecule has 5 nitrogen and oxygen atoms in total. The second-order valence-corrected chi connectivity index (χ2v) is 5.12. The number of hydrogen-bond acceptors (Lipinski definition) is 4. The lowest BCUT2D eigenvalue weighted by Gasteiger charge is -2.12. The van der Waals surface area contributed by atoms with Crippen molar-refractivity contribution in [3.05, 3.63) is 24.3 Å². The van der Waals surface area contributed by atoms with Gasteiger partial charge in [-0.2, -0.15) is 0 Å². The minimum Gasteiger partial charge on any atom is -0.492 e. The summed E-state index contributed by atoms with van der Waals surface area (Å²) in [5.74, 6) is 0.636. The van der Waals surface area contributed by atoms with E-state index < -0.39 is 6.10 Å². The van der Waals surface area contributed by atoms with Crippen molar-refractivity contribution in [3.63, 3.8) is 0 Å². The van der Waals surface area contributed by atoms with Crippen LogP contribution in [0.4, 0.5) is 5.69 Å². The highest BCUT2D eigenvalue weighted by atomic mass is 16.5. The Morgan fingerprint density at radius 2 is 2.20 bits per heavy atom. The highest BCUT2D eigenvalue weighted by Crippen LogP contribution is 2.17. The van der Waals surface area contributed by atoms with Gasteiger partial charge >= 0.3 is 0 Å². The average Bonchev–Trinajstić information content (AvgIpc) is 2.36. The molecule has 2 N–H and O–H groups in total. The smallest absolute Gasteiger partial charge is 0.224 e. The van der Waals surface area contributed by atoms with E-state index in [2.05, 4.69) is 5.32 Å². The third kappa shape index (κ3) is 7.11. The van der Waals surface area contributed by atoms with E-state index >= 15 is 0 Å². The van der Waals surface area contributed by atoms with Gasteiger partial charge in [0.2, 0.25) is 5.91 Å². The minimum atomic E-state index is -0.457. The van der Waals surface area contributed by atoms with Crippen LogP contribution < -0.4 is 10.1 Å². The lowest BCUT2D eigenvalue weighted by molar-refractivity contribution is -0.116. The fourth-order valence-corrected chi connectivity index (χ4v) is 1.57. The van der Waals surface area contributed by atoms with Crippen LogP contribution in [0.3, 0.4) is 0 Å². The predicted molar refractivity (Wildman–Crippen MR) is 80.0 cm³/mol. The van der Waals surface area contributed by atoms with Gasteiger partial charge < -0.3 is 20.1 Å². The summed E-state index contributed by atoms with van der Waals surface area (Å²) in [6.07, 6.45) is 0.315. The Balaban J connectivity index is 2.44. The Hall–Kier alpha value is -1.59. The molecule has 1 aromatic carbocycles. The van der Waals surface area contributed by atoms with Crippen LogP contribution in [-0.2, 0) is 4.79 Å². The van der Waals surface area contributed by atoms with Crippen LogP contribution >= 0.6 is 0 Å². The number of amides is 1. The number of aliphatic hydroxyl groups excluding tert-OH is 1. The molecule has 0 bridgehead atoms. The summed E-state index contributed by atoms with van der Waals surface area (Å²) in [4.78, 5) is 13.7. The van der Waals surface area contributed by atoms with Crippen molar-refractivity contribution in [1.82, 2.24) is 4.90 Å². The number of benzene rings is 1. The van der Waals surface area contributed by atoms with Gasteiger partial charge in [0.1, 0.15) is 12.4 Å². The fraction of sp³-hybridized carbons (Fsp3) is 0.533. The van der Waals surface area contributed by atoms with Crippen LogP contribution in [0, 0.1) is 0 Å². The maximum absolute atomic E-state index is 11.7. The molecule has 0 aromatic heterocycles. The van der Waals surface area contributed by atoms with Gasteiger partial charge in [0.05, 0.1) is 6.10 Å². The first-order chi connectivity index (χ1) is 9.47. The molecular weight excluding hydrogens is 256 g/mol. The van der Waals surface area contributed by atoms with Gasteiger partial charge in [-0.1, -0.05) is 6.07 Å². The molecule has 1 aromatic rings. The van der Waals surface area contributed by atoms with Crippen LogP contribution in [0.2, 0.25) is 0 Å². The average molecular weight is 280 g/mol. The van der Waals surface area contributed by atoms with Crippen molar-refractivity contribution in [3.8, 4) is 5.75 Å². The number of aliphatic hydroxyl groups is 1. The molecule has 0 saturated carbocycles. The Morgan fingerprint density at radius 1 is 1.45 bits per heavy atom. The Morgan fingerprint density at radius 3 is 2.85 bits per heavy atom. The normalized spacial score (nSPS) is 12.2. The van der Waals surface area contributed by atoms with E-state index in [4.69, 9.17) is 9.84 Å². The summed E-state index contributed by atoms with van der Waals surface area (Å²) in [5.41, 5.74) is 0.711. The third-order valence-corrected chi connectivity index (χ3v) is 2.71. The van der Waals surface area contributed by atoms with E-state index in [-0.39, 0.29) is 5.91 Å². The maximum Gasteiger partial charge on any atom is 0.224 e. The quantitative estimate of drug-likeness (QED) is 0.761. The number of carbonyl (C=O) groups excluding carboxylic acids is 1. The first-order valence-electron chi connectivity index (χ1n) is 6.83. The van der Waals surface area contributed by atoms with E-state index in [0.717, 1.165) is 12.3 Å². The van der Waals surface area contributed by atoms with Crippen LogP contribution in [-0.4, -0.2) is 49.3 Å². The summed E-state index contributed by atoms with van der Waals surface area (Å²) in [7, 11) is 3.98. The molecule has 0 aliphatic carbocycles. The number of nitrogens with zero attached hydrogens (tertiary/aromatic N) is 1. The maximum atomic E-state index is 11.7. The van der Waals surface area contributed by atoms with E-state index in [9.17, 15) is 4.79 Å². The summed E-state index contributed by atoms with van der Waals surface area (Å²) in [6, 6.07) is 7.32. The number of ether oxygens (including phenoxy) is 1. The number of rotatable bonds is 8. The van der Waals surface area contributed by atoms with Gasteiger partial charge in [-0.25, -0.2) is 0 Å². The molecule has 1 unspecified atom stereocenters. The molecule has 0 fully saturated rings. The van der Waals surface area contributed by atoms with Crippen molar-refractivity contribution < 1.29 is 14.6 Å². The zero-order chi connectivity index (χ0) is 15.0. The van der Waals surface area contributed by atoms with Crippen molar-refractivity contribution in [2.24, 2.45) is 0 Å². The molecule has 0 spiro atoms. The molecule has 0 aliphatic rings. The van der Waals surface area contributed by atoms with Crippen LogP contribution in [0.1, 0.15) is 19.8 Å². The first kappa shape index (κ1) is 16.5. The molecule has 0 radical (unpaired) electrons. The number of nitrogens with one attached hydrogen (secondary N) is 1.